The molecule has 5 nitrogen and oxygen atoms in total. The van der Waals surface area contributed by atoms with Crippen LogP contribution in [0.2, 0.25) is 0 Å². The van der Waals surface area contributed by atoms with Crippen molar-refractivity contribution in [2.24, 2.45) is 0 Å². The Bertz CT molecular complexity index is 893. The van der Waals surface area contributed by atoms with Crippen LogP contribution in [0.15, 0.2) is 30.3 Å². The Morgan fingerprint density at radius 3 is 2.56 bits per heavy atom. The summed E-state index contributed by atoms with van der Waals surface area (Å²) in [6.07, 6.45) is -4.01. The van der Waals surface area contributed by atoms with Gasteiger partial charge in [0.05, 0.1) is 11.7 Å². The van der Waals surface area contributed by atoms with E-state index >= 15 is 0 Å². The van der Waals surface area contributed by atoms with E-state index in [-0.39, 0.29) is 0 Å². The van der Waals surface area contributed by atoms with Gasteiger partial charge in [0.1, 0.15) is 11.0 Å². The van der Waals surface area contributed by atoms with Gasteiger partial charge in [-0.2, -0.15) is 21.9 Å². The number of aliphatic carboxylic acids is 1. The zero-order valence-electron chi connectivity index (χ0n) is 14.6. The highest BCUT2D eigenvalue weighted by Crippen LogP contribution is 2.18. The van der Waals surface area contributed by atoms with Crippen LogP contribution in [0.3, 0.4) is 0 Å². The van der Waals surface area contributed by atoms with E-state index in [9.17, 15) is 13.2 Å². The third-order valence-corrected chi connectivity index (χ3v) is 5.12. The Balaban J connectivity index is 0.000000321. The molecule has 2 N–H and O–H groups in total. The Kier molecular flexibility index (Phi) is 7.28. The lowest BCUT2D eigenvalue weighted by Gasteiger charge is -2.13. The summed E-state index contributed by atoms with van der Waals surface area (Å²) in [6.45, 7) is 5.23. The summed E-state index contributed by atoms with van der Waals surface area (Å²) in [5, 5.41) is 10.7. The quantitative estimate of drug-likeness (QED) is 0.643. The molecule has 0 saturated carbocycles. The van der Waals surface area contributed by atoms with Gasteiger partial charge >= 0.3 is 12.1 Å². The molecular formula is C17H18F3N3O2S2. The lowest BCUT2D eigenvalue weighted by atomic mass is 10.1. The van der Waals surface area contributed by atoms with Gasteiger partial charge in [0, 0.05) is 22.3 Å². The molecule has 2 aromatic heterocycles. The predicted octanol–water partition coefficient (Wildman–Crippen LogP) is 4.42. The summed E-state index contributed by atoms with van der Waals surface area (Å²) in [6, 6.07) is 11.1. The smallest absolute Gasteiger partial charge is 0.475 e. The lowest BCUT2D eigenvalue weighted by Crippen LogP contribution is -2.27. The minimum Gasteiger partial charge on any atom is -0.475 e. The predicted molar refractivity (Wildman–Crippen MR) is 100 cm³/mol. The second-order valence-corrected chi connectivity index (χ2v) is 7.75. The normalized spacial score (nSPS) is 12.5. The fourth-order valence-corrected chi connectivity index (χ4v) is 3.85. The van der Waals surface area contributed by atoms with Crippen molar-refractivity contribution in [3.8, 4) is 0 Å². The molecule has 3 rings (SSSR count). The van der Waals surface area contributed by atoms with E-state index in [2.05, 4.69) is 46.1 Å². The molecule has 0 radical (unpaired) electrons. The van der Waals surface area contributed by atoms with E-state index in [4.69, 9.17) is 9.90 Å². The SMILES string of the molecule is Cc1ccc(CC(C)NCc2cccc3nsnc23)s1.O=C(O)C(F)(F)F. The maximum atomic E-state index is 10.6. The largest absolute Gasteiger partial charge is 0.490 e. The van der Waals surface area contributed by atoms with E-state index < -0.39 is 12.1 Å². The van der Waals surface area contributed by atoms with Crippen molar-refractivity contribution in [3.63, 3.8) is 0 Å². The topological polar surface area (TPSA) is 75.1 Å². The Labute approximate surface area is 162 Å². The highest BCUT2D eigenvalue weighted by Gasteiger charge is 2.38. The zero-order valence-corrected chi connectivity index (χ0v) is 16.2. The van der Waals surface area contributed by atoms with Gasteiger partial charge in [0.2, 0.25) is 0 Å². The number of benzene rings is 1. The van der Waals surface area contributed by atoms with Gasteiger partial charge < -0.3 is 10.4 Å². The number of fused-ring (bicyclic) bond motifs is 1. The second-order valence-electron chi connectivity index (χ2n) is 5.85. The average molecular weight is 417 g/mol. The Hall–Kier alpha value is -2.04. The number of carboxylic acid groups (broad SMARTS) is 1. The van der Waals surface area contributed by atoms with Crippen molar-refractivity contribution < 1.29 is 23.1 Å². The van der Waals surface area contributed by atoms with E-state index in [1.54, 1.807) is 0 Å². The van der Waals surface area contributed by atoms with Crippen molar-refractivity contribution >= 4 is 40.1 Å². The van der Waals surface area contributed by atoms with Crippen LogP contribution in [0, 0.1) is 6.92 Å². The molecule has 0 amide bonds. The number of hydrogen-bond acceptors (Lipinski definition) is 6. The minimum absolute atomic E-state index is 0.454. The minimum atomic E-state index is -5.08. The number of thiophene rings is 1. The molecule has 0 bridgehead atoms. The van der Waals surface area contributed by atoms with E-state index in [0.29, 0.717) is 6.04 Å². The monoisotopic (exact) mass is 417 g/mol. The van der Waals surface area contributed by atoms with Crippen LogP contribution in [0.5, 0.6) is 0 Å². The first-order chi connectivity index (χ1) is 12.7. The number of carboxylic acids is 1. The number of rotatable bonds is 5. The average Bonchev–Trinajstić information content (AvgIpc) is 3.21. The number of alkyl halides is 3. The highest BCUT2D eigenvalue weighted by molar-refractivity contribution is 7.11. The van der Waals surface area contributed by atoms with Crippen molar-refractivity contribution in [3.05, 3.63) is 45.6 Å². The van der Waals surface area contributed by atoms with Crippen LogP contribution < -0.4 is 5.32 Å². The summed E-state index contributed by atoms with van der Waals surface area (Å²) in [4.78, 5) is 11.7. The van der Waals surface area contributed by atoms with Crippen molar-refractivity contribution in [1.82, 2.24) is 14.1 Å². The summed E-state index contributed by atoms with van der Waals surface area (Å²) in [5.41, 5.74) is 3.26. The van der Waals surface area contributed by atoms with Gasteiger partial charge in [-0.15, -0.1) is 11.3 Å². The van der Waals surface area contributed by atoms with Gasteiger partial charge in [-0.1, -0.05) is 12.1 Å². The fourth-order valence-electron chi connectivity index (χ4n) is 2.26. The molecule has 0 aliphatic rings. The van der Waals surface area contributed by atoms with Crippen molar-refractivity contribution in [2.45, 2.75) is 39.0 Å². The van der Waals surface area contributed by atoms with E-state index in [0.717, 1.165) is 24.0 Å². The van der Waals surface area contributed by atoms with E-state index in [1.165, 1.54) is 27.0 Å². The first-order valence-corrected chi connectivity index (χ1v) is 9.50. The Morgan fingerprint density at radius 1 is 1.26 bits per heavy atom. The molecule has 0 spiro atoms. The third-order valence-electron chi connectivity index (χ3n) is 3.56. The van der Waals surface area contributed by atoms with Crippen LogP contribution in [-0.4, -0.2) is 32.0 Å². The van der Waals surface area contributed by atoms with Gasteiger partial charge in [0.25, 0.3) is 0 Å². The summed E-state index contributed by atoms with van der Waals surface area (Å²) < 4.78 is 40.4. The van der Waals surface area contributed by atoms with Crippen LogP contribution in [0.25, 0.3) is 11.0 Å². The number of halogens is 3. The fraction of sp³-hybridized carbons (Fsp3) is 0.353. The number of aromatic nitrogens is 2. The standard InChI is InChI=1S/C15H17N3S2.C2HF3O2/c1-10(8-13-7-6-11(2)19-13)16-9-12-4-3-5-14-15(12)18-20-17-14;3-2(4,5)1(6)7/h3-7,10,16H,8-9H2,1-2H3;(H,6,7). The maximum absolute atomic E-state index is 10.6. The molecule has 10 heteroatoms. The van der Waals surface area contributed by atoms with Crippen molar-refractivity contribution in [1.29, 1.82) is 0 Å². The molecule has 3 aromatic rings. The van der Waals surface area contributed by atoms with E-state index in [1.807, 2.05) is 23.5 Å². The molecule has 146 valence electrons. The number of nitrogens with zero attached hydrogens (tertiary/aromatic N) is 2. The molecule has 2 heterocycles. The Morgan fingerprint density at radius 2 is 1.96 bits per heavy atom. The first-order valence-electron chi connectivity index (χ1n) is 7.95. The third kappa shape index (κ3) is 6.56. The molecular weight excluding hydrogens is 399 g/mol. The van der Waals surface area contributed by atoms with Gasteiger partial charge in [-0.3, -0.25) is 0 Å². The maximum Gasteiger partial charge on any atom is 0.490 e. The van der Waals surface area contributed by atoms with Crippen LogP contribution in [-0.2, 0) is 17.8 Å². The number of aryl methyl sites for hydroxylation is 1. The van der Waals surface area contributed by atoms with Crippen molar-refractivity contribution in [2.75, 3.05) is 0 Å². The van der Waals surface area contributed by atoms with Crippen LogP contribution in [0.4, 0.5) is 13.2 Å². The van der Waals surface area contributed by atoms with Gasteiger partial charge in [0.15, 0.2) is 0 Å². The number of carbonyl (C=O) groups is 1. The zero-order chi connectivity index (χ0) is 20.0. The molecule has 0 saturated heterocycles. The first kappa shape index (κ1) is 21.3. The number of hydrogen-bond donors (Lipinski definition) is 2. The molecule has 0 aliphatic heterocycles. The van der Waals surface area contributed by atoms with Gasteiger partial charge in [-0.05, 0) is 44.0 Å². The molecule has 0 fully saturated rings. The van der Waals surface area contributed by atoms with Crippen LogP contribution in [0.1, 0.15) is 22.2 Å². The molecule has 1 unspecified atom stereocenters. The van der Waals surface area contributed by atoms with Gasteiger partial charge in [-0.25, -0.2) is 4.79 Å². The summed E-state index contributed by atoms with van der Waals surface area (Å²) >= 11 is 3.16. The molecule has 27 heavy (non-hydrogen) atoms. The second kappa shape index (κ2) is 9.25. The highest BCUT2D eigenvalue weighted by atomic mass is 32.1. The number of nitrogens with one attached hydrogen (secondary N) is 1. The lowest BCUT2D eigenvalue weighted by molar-refractivity contribution is -0.192. The summed E-state index contributed by atoms with van der Waals surface area (Å²) in [7, 11) is 0. The molecule has 0 aliphatic carbocycles. The summed E-state index contributed by atoms with van der Waals surface area (Å²) in [5.74, 6) is -2.76. The van der Waals surface area contributed by atoms with Crippen LogP contribution >= 0.6 is 23.1 Å². The molecule has 1 atom stereocenters. The molecule has 1 aromatic carbocycles.